The average Bonchev–Trinajstić information content (AvgIpc) is 2.36. The molecule has 0 heterocycles. The van der Waals surface area contributed by atoms with Gasteiger partial charge in [-0.05, 0) is 43.9 Å². The van der Waals surface area contributed by atoms with Crippen molar-refractivity contribution < 1.29 is 14.6 Å². The highest BCUT2D eigenvalue weighted by Crippen LogP contribution is 2.26. The summed E-state index contributed by atoms with van der Waals surface area (Å²) < 4.78 is 5.26. The largest absolute Gasteiger partial charge is 0.508 e. The van der Waals surface area contributed by atoms with Gasteiger partial charge < -0.3 is 15.6 Å². The molecule has 1 atom stereocenters. The molecule has 0 saturated heterocycles. The Morgan fingerprint density at radius 2 is 1.86 bits per heavy atom. The molecule has 3 N–H and O–H groups in total. The van der Waals surface area contributed by atoms with Crippen LogP contribution in [0.3, 0.4) is 0 Å². The Labute approximate surface area is 133 Å². The van der Waals surface area contributed by atoms with Crippen LogP contribution in [0.2, 0.25) is 0 Å². The summed E-state index contributed by atoms with van der Waals surface area (Å²) in [5.74, 6) is -0.184. The Balaban J connectivity index is 2.81. The molecule has 1 aromatic rings. The number of hydrogen-bond donors (Lipinski definition) is 2. The minimum Gasteiger partial charge on any atom is -0.508 e. The van der Waals surface area contributed by atoms with E-state index in [0.717, 1.165) is 5.56 Å². The van der Waals surface area contributed by atoms with E-state index in [2.05, 4.69) is 20.8 Å². The summed E-state index contributed by atoms with van der Waals surface area (Å²) in [5.41, 5.74) is 7.02. The fraction of sp³-hybridized carbons (Fsp3) is 0.556. The summed E-state index contributed by atoms with van der Waals surface area (Å²) in [6, 6.07) is 5.09. The maximum absolute atomic E-state index is 11.8. The van der Waals surface area contributed by atoms with Gasteiger partial charge in [-0.25, -0.2) is 0 Å². The minimum absolute atomic E-state index is 0.0449. The fourth-order valence-corrected chi connectivity index (χ4v) is 1.64. The van der Waals surface area contributed by atoms with Crippen molar-refractivity contribution in [2.24, 2.45) is 16.6 Å². The maximum Gasteiger partial charge on any atom is 0.311 e. The molecule has 1 aromatic carbocycles. The van der Waals surface area contributed by atoms with E-state index in [1.165, 1.54) is 0 Å². The molecular formula is C18H28NO3. The Bertz CT molecular complexity index is 524. The van der Waals surface area contributed by atoms with Gasteiger partial charge in [-0.1, -0.05) is 26.8 Å². The lowest BCUT2D eigenvalue weighted by Crippen LogP contribution is -2.35. The van der Waals surface area contributed by atoms with Gasteiger partial charge in [-0.2, -0.15) is 0 Å². The molecular weight excluding hydrogens is 278 g/mol. The summed E-state index contributed by atoms with van der Waals surface area (Å²) in [5, 5.41) is 9.91. The molecule has 4 nitrogen and oxygen atoms in total. The van der Waals surface area contributed by atoms with Crippen molar-refractivity contribution in [2.75, 3.05) is 0 Å². The molecule has 0 fully saturated rings. The predicted molar refractivity (Wildman–Crippen MR) is 88.2 cm³/mol. The number of rotatable bonds is 4. The third-order valence-electron chi connectivity index (χ3n) is 3.45. The highest BCUT2D eigenvalue weighted by Gasteiger charge is 2.24. The first kappa shape index (κ1) is 18.5. The van der Waals surface area contributed by atoms with E-state index in [-0.39, 0.29) is 29.8 Å². The molecule has 1 rings (SSSR count). The highest BCUT2D eigenvalue weighted by atomic mass is 16.5. The molecule has 0 aliphatic carbocycles. The van der Waals surface area contributed by atoms with E-state index in [4.69, 9.17) is 10.5 Å². The lowest BCUT2D eigenvalue weighted by Gasteiger charge is -2.27. The smallest absolute Gasteiger partial charge is 0.311 e. The first-order chi connectivity index (χ1) is 9.91. The second-order valence-electron chi connectivity index (χ2n) is 7.77. The number of phenolic OH excluding ortho intramolecular Hbond substituents is 1. The van der Waals surface area contributed by atoms with Gasteiger partial charge >= 0.3 is 5.97 Å². The van der Waals surface area contributed by atoms with E-state index in [1.807, 2.05) is 6.42 Å². The highest BCUT2D eigenvalue weighted by molar-refractivity contribution is 5.75. The molecule has 0 aliphatic heterocycles. The van der Waals surface area contributed by atoms with Crippen LogP contribution in [0.1, 0.15) is 52.7 Å². The second-order valence-corrected chi connectivity index (χ2v) is 7.77. The third kappa shape index (κ3) is 5.34. The monoisotopic (exact) mass is 306 g/mol. The number of nitrogens with two attached hydrogens (primary N) is 1. The van der Waals surface area contributed by atoms with Crippen LogP contribution in [0, 0.1) is 17.3 Å². The van der Waals surface area contributed by atoms with Gasteiger partial charge in [-0.15, -0.1) is 0 Å². The average molecular weight is 306 g/mol. The van der Waals surface area contributed by atoms with Crippen LogP contribution in [0.4, 0.5) is 0 Å². The molecule has 1 radical (unpaired) electrons. The Morgan fingerprint density at radius 1 is 1.27 bits per heavy atom. The number of carbonyl (C=O) groups is 1. The van der Waals surface area contributed by atoms with Crippen LogP contribution < -0.4 is 5.73 Å². The van der Waals surface area contributed by atoms with Crippen molar-refractivity contribution in [2.45, 2.75) is 54.2 Å². The van der Waals surface area contributed by atoms with Crippen molar-refractivity contribution in [1.82, 2.24) is 0 Å². The number of esters is 1. The molecule has 0 bridgehead atoms. The van der Waals surface area contributed by atoms with Crippen molar-refractivity contribution in [3.63, 3.8) is 0 Å². The zero-order chi connectivity index (χ0) is 17.1. The quantitative estimate of drug-likeness (QED) is 0.836. The first-order valence-corrected chi connectivity index (χ1v) is 7.51. The lowest BCUT2D eigenvalue weighted by atomic mass is 9.83. The van der Waals surface area contributed by atoms with Crippen LogP contribution in [0.5, 0.6) is 5.75 Å². The normalized spacial score (nSPS) is 13.8. The molecule has 1 unspecified atom stereocenters. The molecule has 0 amide bonds. The van der Waals surface area contributed by atoms with Gasteiger partial charge in [0.25, 0.3) is 0 Å². The lowest BCUT2D eigenvalue weighted by molar-refractivity contribution is -0.154. The van der Waals surface area contributed by atoms with Crippen molar-refractivity contribution >= 4 is 5.97 Å². The fourth-order valence-electron chi connectivity index (χ4n) is 1.64. The van der Waals surface area contributed by atoms with Crippen LogP contribution in [-0.4, -0.2) is 17.1 Å². The molecule has 0 aromatic heterocycles. The number of ether oxygens (including phenoxy) is 1. The van der Waals surface area contributed by atoms with Gasteiger partial charge in [-0.3, -0.25) is 4.79 Å². The van der Waals surface area contributed by atoms with Crippen molar-refractivity contribution in [1.29, 1.82) is 0 Å². The van der Waals surface area contributed by atoms with E-state index in [0.29, 0.717) is 5.56 Å². The number of carbonyl (C=O) groups excluding carboxylic acids is 1. The summed E-state index contributed by atoms with van der Waals surface area (Å²) in [6.07, 6.45) is 1.95. The Morgan fingerprint density at radius 3 is 2.36 bits per heavy atom. The first-order valence-electron chi connectivity index (χ1n) is 7.51. The van der Waals surface area contributed by atoms with Gasteiger partial charge in [0.2, 0.25) is 0 Å². The summed E-state index contributed by atoms with van der Waals surface area (Å²) in [4.78, 5) is 11.8. The summed E-state index contributed by atoms with van der Waals surface area (Å²) in [7, 11) is 0. The van der Waals surface area contributed by atoms with Gasteiger partial charge in [0, 0.05) is 18.0 Å². The molecule has 0 aliphatic rings. The van der Waals surface area contributed by atoms with Gasteiger partial charge in [0.15, 0.2) is 0 Å². The molecule has 0 saturated carbocycles. The van der Waals surface area contributed by atoms with Crippen molar-refractivity contribution in [3.05, 3.63) is 35.7 Å². The SMILES string of the molecule is CC(C)(C)C(=O)OCc1cc([CH]C(N)C(C)(C)C)ccc1O. The Kier molecular flexibility index (Phi) is 5.63. The van der Waals surface area contributed by atoms with Crippen LogP contribution in [0.25, 0.3) is 0 Å². The third-order valence-corrected chi connectivity index (χ3v) is 3.45. The Hall–Kier alpha value is -1.55. The van der Waals surface area contributed by atoms with Crippen molar-refractivity contribution in [3.8, 4) is 5.75 Å². The summed E-state index contributed by atoms with van der Waals surface area (Å²) >= 11 is 0. The number of benzene rings is 1. The van der Waals surface area contributed by atoms with E-state index >= 15 is 0 Å². The minimum atomic E-state index is -0.562. The number of phenols is 1. The number of aromatic hydroxyl groups is 1. The van der Waals surface area contributed by atoms with E-state index in [1.54, 1.807) is 39.0 Å². The van der Waals surface area contributed by atoms with E-state index < -0.39 is 5.41 Å². The zero-order valence-corrected chi connectivity index (χ0v) is 14.4. The van der Waals surface area contributed by atoms with E-state index in [9.17, 15) is 9.90 Å². The molecule has 0 spiro atoms. The van der Waals surface area contributed by atoms with Crippen LogP contribution in [-0.2, 0) is 16.1 Å². The second kappa shape index (κ2) is 6.69. The van der Waals surface area contributed by atoms with Crippen LogP contribution >= 0.6 is 0 Å². The maximum atomic E-state index is 11.8. The standard InChI is InChI=1S/C18H28NO3/c1-17(2,3)15(19)10-12-7-8-14(20)13(9-12)11-22-16(21)18(4,5)6/h7-10,15,20H,11,19H2,1-6H3. The summed E-state index contributed by atoms with van der Waals surface area (Å²) in [6.45, 7) is 11.6. The van der Waals surface area contributed by atoms with Gasteiger partial charge in [0.05, 0.1) is 5.41 Å². The topological polar surface area (TPSA) is 72.5 Å². The molecule has 22 heavy (non-hydrogen) atoms. The number of hydrogen-bond acceptors (Lipinski definition) is 4. The van der Waals surface area contributed by atoms with Crippen LogP contribution in [0.15, 0.2) is 18.2 Å². The molecule has 4 heteroatoms. The van der Waals surface area contributed by atoms with Gasteiger partial charge in [0.1, 0.15) is 12.4 Å². The molecule has 123 valence electrons. The predicted octanol–water partition coefficient (Wildman–Crippen LogP) is 3.41. The zero-order valence-electron chi connectivity index (χ0n) is 14.4.